The monoisotopic (exact) mass is 358 g/mol. The summed E-state index contributed by atoms with van der Waals surface area (Å²) < 4.78 is 5.72. The molecule has 0 spiro atoms. The van der Waals surface area contributed by atoms with Gasteiger partial charge in [-0.1, -0.05) is 31.6 Å². The molecule has 0 saturated heterocycles. The van der Waals surface area contributed by atoms with Crippen LogP contribution >= 0.6 is 0 Å². The molecule has 2 atom stereocenters. The average molecular weight is 358 g/mol. The molecule has 0 amide bonds. The summed E-state index contributed by atoms with van der Waals surface area (Å²) in [6, 6.07) is 6.02. The topological polar surface area (TPSA) is 66.8 Å². The molecule has 4 nitrogen and oxygen atoms in total. The van der Waals surface area contributed by atoms with Crippen LogP contribution in [0.25, 0.3) is 0 Å². The molecule has 26 heavy (non-hydrogen) atoms. The maximum absolute atomic E-state index is 12.5. The van der Waals surface area contributed by atoms with Crippen molar-refractivity contribution in [3.8, 4) is 5.75 Å². The Balaban J connectivity index is 2.25. The molecule has 0 aromatic heterocycles. The van der Waals surface area contributed by atoms with E-state index >= 15 is 0 Å². The van der Waals surface area contributed by atoms with Gasteiger partial charge in [0.1, 0.15) is 11.9 Å². The number of aliphatic hydroxyl groups excluding tert-OH is 1. The molecule has 1 aliphatic rings. The quantitative estimate of drug-likeness (QED) is 0.590. The van der Waals surface area contributed by atoms with E-state index in [0.29, 0.717) is 12.0 Å². The summed E-state index contributed by atoms with van der Waals surface area (Å²) in [5.74, 6) is -0.325. The highest BCUT2D eigenvalue weighted by Crippen LogP contribution is 2.31. The Morgan fingerprint density at radius 3 is 2.50 bits per heavy atom. The fraction of sp³-hybridized carbons (Fsp3) is 0.500. The molecule has 1 aliphatic carbocycles. The number of carbonyl (C=O) groups excluding carboxylic acids is 1. The van der Waals surface area contributed by atoms with Crippen LogP contribution in [0.5, 0.6) is 5.75 Å². The Bertz CT molecular complexity index is 683. The van der Waals surface area contributed by atoms with Crippen LogP contribution in [0.1, 0.15) is 63.7 Å². The van der Waals surface area contributed by atoms with Gasteiger partial charge in [-0.2, -0.15) is 0 Å². The molecule has 0 bridgehead atoms. The van der Waals surface area contributed by atoms with Gasteiger partial charge in [0.05, 0.1) is 11.7 Å². The van der Waals surface area contributed by atoms with Crippen LogP contribution in [-0.4, -0.2) is 28.4 Å². The molecule has 142 valence electrons. The van der Waals surface area contributed by atoms with E-state index in [1.807, 2.05) is 13.0 Å². The number of phenolic OH excluding ortho intramolecular Hbond substituents is 1. The second-order valence-corrected chi connectivity index (χ2v) is 7.92. The van der Waals surface area contributed by atoms with Crippen molar-refractivity contribution in [2.24, 2.45) is 5.41 Å². The van der Waals surface area contributed by atoms with Crippen LogP contribution in [-0.2, 0) is 4.74 Å². The van der Waals surface area contributed by atoms with E-state index < -0.39 is 18.2 Å². The smallest absolute Gasteiger partial charge is 0.338 e. The fourth-order valence-electron chi connectivity index (χ4n) is 3.08. The first kappa shape index (κ1) is 20.2. The molecule has 4 heteroatoms. The molecule has 0 heterocycles. The van der Waals surface area contributed by atoms with E-state index in [4.69, 9.17) is 4.74 Å². The molecule has 0 aliphatic heterocycles. The van der Waals surface area contributed by atoms with Crippen LogP contribution in [0.3, 0.4) is 0 Å². The third-order valence-corrected chi connectivity index (χ3v) is 5.15. The minimum atomic E-state index is -0.587. The van der Waals surface area contributed by atoms with Gasteiger partial charge in [-0.3, -0.25) is 0 Å². The minimum Gasteiger partial charge on any atom is -0.508 e. The molecule has 0 radical (unpaired) electrons. The highest BCUT2D eigenvalue weighted by molar-refractivity contribution is 5.89. The van der Waals surface area contributed by atoms with Crippen LogP contribution in [0, 0.1) is 5.41 Å². The lowest BCUT2D eigenvalue weighted by Gasteiger charge is -2.29. The van der Waals surface area contributed by atoms with Crippen LogP contribution in [0.15, 0.2) is 47.6 Å². The van der Waals surface area contributed by atoms with Crippen LogP contribution in [0.2, 0.25) is 0 Å². The Morgan fingerprint density at radius 1 is 1.19 bits per heavy atom. The van der Waals surface area contributed by atoms with Crippen molar-refractivity contribution in [2.45, 2.75) is 65.6 Å². The highest BCUT2D eigenvalue weighted by atomic mass is 16.5. The molecular formula is C22H30O4. The molecule has 1 aromatic carbocycles. The molecule has 0 unspecified atom stereocenters. The van der Waals surface area contributed by atoms with Crippen molar-refractivity contribution in [3.63, 3.8) is 0 Å². The fourth-order valence-corrected chi connectivity index (χ4v) is 3.08. The van der Waals surface area contributed by atoms with Gasteiger partial charge in [0, 0.05) is 6.42 Å². The molecule has 0 saturated carbocycles. The normalized spacial score (nSPS) is 28.0. The summed E-state index contributed by atoms with van der Waals surface area (Å²) in [6.07, 6.45) is 6.46. The van der Waals surface area contributed by atoms with Crippen molar-refractivity contribution < 1.29 is 19.7 Å². The zero-order valence-corrected chi connectivity index (χ0v) is 16.2. The van der Waals surface area contributed by atoms with Crippen LogP contribution in [0.4, 0.5) is 0 Å². The predicted molar refractivity (Wildman–Crippen MR) is 103 cm³/mol. The van der Waals surface area contributed by atoms with E-state index in [2.05, 4.69) is 26.8 Å². The number of phenols is 1. The number of hydrogen-bond acceptors (Lipinski definition) is 4. The second-order valence-electron chi connectivity index (χ2n) is 7.92. The van der Waals surface area contributed by atoms with Crippen molar-refractivity contribution in [3.05, 3.63) is 53.1 Å². The lowest BCUT2D eigenvalue weighted by Crippen LogP contribution is -2.29. The van der Waals surface area contributed by atoms with E-state index in [1.165, 1.54) is 17.7 Å². The van der Waals surface area contributed by atoms with Gasteiger partial charge >= 0.3 is 5.97 Å². The number of rotatable bonds is 2. The summed E-state index contributed by atoms with van der Waals surface area (Å²) in [5.41, 5.74) is 2.29. The van der Waals surface area contributed by atoms with Crippen molar-refractivity contribution in [1.29, 1.82) is 0 Å². The Morgan fingerprint density at radius 2 is 1.85 bits per heavy atom. The number of hydrogen-bond donors (Lipinski definition) is 2. The van der Waals surface area contributed by atoms with Gasteiger partial charge in [0.25, 0.3) is 0 Å². The molecule has 0 fully saturated rings. The second kappa shape index (κ2) is 8.54. The Labute approximate surface area is 156 Å². The van der Waals surface area contributed by atoms with Gasteiger partial charge in [-0.05, 0) is 68.4 Å². The number of carbonyl (C=O) groups is 1. The summed E-state index contributed by atoms with van der Waals surface area (Å²) in [7, 11) is 0. The average Bonchev–Trinajstić information content (AvgIpc) is 2.59. The maximum atomic E-state index is 12.5. The highest BCUT2D eigenvalue weighted by Gasteiger charge is 2.28. The number of aliphatic hydroxyl groups is 1. The largest absolute Gasteiger partial charge is 0.508 e. The van der Waals surface area contributed by atoms with Gasteiger partial charge in [0.2, 0.25) is 0 Å². The molecular weight excluding hydrogens is 328 g/mol. The number of allylic oxidation sites excluding steroid dienone is 1. The van der Waals surface area contributed by atoms with Gasteiger partial charge < -0.3 is 14.9 Å². The van der Waals surface area contributed by atoms with E-state index in [0.717, 1.165) is 24.8 Å². The summed E-state index contributed by atoms with van der Waals surface area (Å²) in [4.78, 5) is 12.5. The summed E-state index contributed by atoms with van der Waals surface area (Å²) in [6.45, 7) is 8.13. The number of ether oxygens (including phenoxy) is 1. The number of aromatic hydroxyl groups is 1. The lowest BCUT2D eigenvalue weighted by atomic mass is 9.80. The maximum Gasteiger partial charge on any atom is 0.338 e. The van der Waals surface area contributed by atoms with Crippen LogP contribution < -0.4 is 0 Å². The Kier molecular flexibility index (Phi) is 6.65. The lowest BCUT2D eigenvalue weighted by molar-refractivity contribution is 0.0368. The van der Waals surface area contributed by atoms with Gasteiger partial charge in [0.15, 0.2) is 0 Å². The van der Waals surface area contributed by atoms with E-state index in [-0.39, 0.29) is 11.2 Å². The zero-order chi connectivity index (χ0) is 19.3. The molecule has 2 N–H and O–H groups in total. The van der Waals surface area contributed by atoms with E-state index in [1.54, 1.807) is 12.1 Å². The summed E-state index contributed by atoms with van der Waals surface area (Å²) in [5, 5.41) is 20.0. The first-order valence-electron chi connectivity index (χ1n) is 9.21. The minimum absolute atomic E-state index is 0.108. The molecule has 1 aromatic rings. The molecule has 2 rings (SSSR count). The third kappa shape index (κ3) is 5.46. The SMILES string of the molecule is C/C1=C/C[C@H](OC(=O)c2ccc(O)cc2)/C(C)=C/[C@@H](O)C(C)(C)CCC1. The Hall–Kier alpha value is -2.07. The first-order valence-corrected chi connectivity index (χ1v) is 9.21. The van der Waals surface area contributed by atoms with E-state index in [9.17, 15) is 15.0 Å². The number of benzene rings is 1. The number of esters is 1. The first-order chi connectivity index (χ1) is 12.2. The van der Waals surface area contributed by atoms with Gasteiger partial charge in [-0.25, -0.2) is 4.79 Å². The van der Waals surface area contributed by atoms with Crippen molar-refractivity contribution in [2.75, 3.05) is 0 Å². The predicted octanol–water partition coefficient (Wildman–Crippen LogP) is 4.77. The standard InChI is InChI=1S/C22H30O4/c1-15-6-5-13-22(3,4)20(24)14-16(2)19(12-7-15)26-21(25)17-8-10-18(23)11-9-17/h7-11,14,19-20,23-24H,5-6,12-13H2,1-4H3/b15-7-,16-14+/t19-,20+/m0/s1. The van der Waals surface area contributed by atoms with Crippen molar-refractivity contribution >= 4 is 5.97 Å². The zero-order valence-electron chi connectivity index (χ0n) is 16.2. The third-order valence-electron chi connectivity index (χ3n) is 5.15. The van der Waals surface area contributed by atoms with Gasteiger partial charge in [-0.15, -0.1) is 0 Å². The van der Waals surface area contributed by atoms with Crippen molar-refractivity contribution in [1.82, 2.24) is 0 Å². The summed E-state index contributed by atoms with van der Waals surface area (Å²) >= 11 is 0.